The van der Waals surface area contributed by atoms with Crippen molar-refractivity contribution in [3.05, 3.63) is 0 Å². The smallest absolute Gasteiger partial charge is 0.318 e. The van der Waals surface area contributed by atoms with Crippen LogP contribution in [0.5, 0.6) is 0 Å². The van der Waals surface area contributed by atoms with Gasteiger partial charge in [0.2, 0.25) is 11.8 Å². The second-order valence-electron chi connectivity index (χ2n) is 5.83. The third kappa shape index (κ3) is 2.29. The minimum atomic E-state index is -4.75. The van der Waals surface area contributed by atoms with E-state index in [4.69, 9.17) is 0 Å². The topological polar surface area (TPSA) is 78.5 Å². The quantitative estimate of drug-likeness (QED) is 0.657. The Bertz CT molecular complexity index is 496. The van der Waals surface area contributed by atoms with E-state index in [0.717, 1.165) is 4.90 Å². The van der Waals surface area contributed by atoms with Crippen molar-refractivity contribution in [2.75, 3.05) is 19.6 Å². The molecule has 1 unspecified atom stereocenters. The van der Waals surface area contributed by atoms with Crippen LogP contribution in [0.25, 0.3) is 0 Å². The van der Waals surface area contributed by atoms with Gasteiger partial charge in [-0.05, 0) is 26.8 Å². The second kappa shape index (κ2) is 4.69. The number of nitrogens with one attached hydrogen (secondary N) is 2. The van der Waals surface area contributed by atoms with E-state index in [1.807, 2.05) is 5.32 Å². The van der Waals surface area contributed by atoms with E-state index in [9.17, 15) is 27.6 Å². The zero-order valence-electron chi connectivity index (χ0n) is 11.6. The fourth-order valence-electron chi connectivity index (χ4n) is 2.60. The third-order valence-corrected chi connectivity index (χ3v) is 4.14. The molecule has 21 heavy (non-hydrogen) atoms. The Morgan fingerprint density at radius 3 is 2.38 bits per heavy atom. The monoisotopic (exact) mass is 307 g/mol. The highest BCUT2D eigenvalue weighted by Gasteiger charge is 2.64. The van der Waals surface area contributed by atoms with Gasteiger partial charge in [-0.25, -0.2) is 0 Å². The van der Waals surface area contributed by atoms with E-state index >= 15 is 0 Å². The molecule has 0 radical (unpaired) electrons. The molecule has 3 amide bonds. The number of carbonyl (C=O) groups is 3. The summed E-state index contributed by atoms with van der Waals surface area (Å²) in [4.78, 5) is 36.4. The number of carbonyl (C=O) groups excluding carboxylic acids is 3. The first-order chi connectivity index (χ1) is 9.52. The summed E-state index contributed by atoms with van der Waals surface area (Å²) < 4.78 is 40.2. The van der Waals surface area contributed by atoms with Crippen molar-refractivity contribution < 1.29 is 27.6 Å². The van der Waals surface area contributed by atoms with E-state index in [0.29, 0.717) is 0 Å². The van der Waals surface area contributed by atoms with Crippen molar-refractivity contribution in [3.8, 4) is 0 Å². The number of hydrogen-bond acceptors (Lipinski definition) is 4. The summed E-state index contributed by atoms with van der Waals surface area (Å²) >= 11 is 0. The molecule has 2 heterocycles. The van der Waals surface area contributed by atoms with Crippen molar-refractivity contribution in [2.24, 2.45) is 5.41 Å². The molecule has 1 atom stereocenters. The van der Waals surface area contributed by atoms with Crippen LogP contribution in [0, 0.1) is 5.41 Å². The lowest BCUT2D eigenvalue weighted by atomic mass is 9.82. The van der Waals surface area contributed by atoms with Crippen LogP contribution in [0.4, 0.5) is 13.2 Å². The van der Waals surface area contributed by atoms with Gasteiger partial charge >= 0.3 is 6.18 Å². The van der Waals surface area contributed by atoms with Gasteiger partial charge in [0.05, 0.1) is 0 Å². The molecule has 0 saturated carbocycles. The number of halogens is 3. The summed E-state index contributed by atoms with van der Waals surface area (Å²) in [6.45, 7) is 1.59. The van der Waals surface area contributed by atoms with Gasteiger partial charge in [0.15, 0.2) is 5.41 Å². The molecule has 0 aromatic carbocycles. The molecule has 0 aliphatic carbocycles. The Balaban J connectivity index is 2.41. The van der Waals surface area contributed by atoms with E-state index in [1.54, 1.807) is 0 Å². The molecule has 118 valence electrons. The first kappa shape index (κ1) is 15.7. The molecule has 2 rings (SSSR count). The highest BCUT2D eigenvalue weighted by atomic mass is 19.4. The molecule has 0 aromatic heterocycles. The van der Waals surface area contributed by atoms with E-state index in [-0.39, 0.29) is 6.54 Å². The first-order valence-electron chi connectivity index (χ1n) is 6.46. The summed E-state index contributed by atoms with van der Waals surface area (Å²) in [6, 6.07) is 0. The van der Waals surface area contributed by atoms with Crippen molar-refractivity contribution in [1.82, 2.24) is 15.5 Å². The molecule has 2 N–H and O–H groups in total. The molecule has 0 bridgehead atoms. The molecule has 6 nitrogen and oxygen atoms in total. The lowest BCUT2D eigenvalue weighted by Crippen LogP contribution is -2.69. The number of rotatable bonds is 1. The molecule has 2 fully saturated rings. The number of alkyl halides is 3. The summed E-state index contributed by atoms with van der Waals surface area (Å²) in [5.41, 5.74) is -4.09. The Morgan fingerprint density at radius 1 is 1.29 bits per heavy atom. The summed E-state index contributed by atoms with van der Waals surface area (Å²) in [6.07, 6.45) is -5.15. The molecule has 0 spiro atoms. The lowest BCUT2D eigenvalue weighted by Gasteiger charge is -2.44. The zero-order valence-corrected chi connectivity index (χ0v) is 11.6. The van der Waals surface area contributed by atoms with Gasteiger partial charge in [-0.15, -0.1) is 0 Å². The Kier molecular flexibility index (Phi) is 3.51. The molecule has 2 aliphatic heterocycles. The molecule has 9 heteroatoms. The SMILES string of the molecule is CC1(C)C(=O)NC(=O)CN1C(=O)C1(C(F)(F)F)CCNC1. The summed E-state index contributed by atoms with van der Waals surface area (Å²) in [7, 11) is 0. The Morgan fingerprint density at radius 2 is 1.90 bits per heavy atom. The average molecular weight is 307 g/mol. The van der Waals surface area contributed by atoms with Crippen molar-refractivity contribution in [2.45, 2.75) is 32.0 Å². The van der Waals surface area contributed by atoms with E-state index in [2.05, 4.69) is 5.32 Å². The predicted octanol–water partition coefficient (Wildman–Crippen LogP) is -0.208. The highest BCUT2D eigenvalue weighted by Crippen LogP contribution is 2.45. The Labute approximate surface area is 119 Å². The molecule has 2 aliphatic rings. The highest BCUT2D eigenvalue weighted by molar-refractivity contribution is 6.07. The maximum absolute atomic E-state index is 13.4. The van der Waals surface area contributed by atoms with Gasteiger partial charge in [-0.3, -0.25) is 19.7 Å². The number of piperazine rings is 1. The largest absolute Gasteiger partial charge is 0.404 e. The van der Waals surface area contributed by atoms with Crippen molar-refractivity contribution >= 4 is 17.7 Å². The molecule has 0 aromatic rings. The standard InChI is InChI=1S/C12H16F3N3O3/c1-10(2)8(20)17-7(19)5-18(10)9(21)11(12(13,14)15)3-4-16-6-11/h16H,3-6H2,1-2H3,(H,17,19,20). The van der Waals surface area contributed by atoms with E-state index < -0.39 is 54.4 Å². The van der Waals surface area contributed by atoms with Gasteiger partial charge in [0.25, 0.3) is 5.91 Å². The van der Waals surface area contributed by atoms with Gasteiger partial charge in [0, 0.05) is 6.54 Å². The minimum Gasteiger partial charge on any atom is -0.318 e. The molecular formula is C12H16F3N3O3. The van der Waals surface area contributed by atoms with Gasteiger partial charge in [0.1, 0.15) is 12.1 Å². The van der Waals surface area contributed by atoms with Crippen LogP contribution in [0.3, 0.4) is 0 Å². The van der Waals surface area contributed by atoms with Crippen LogP contribution in [-0.4, -0.2) is 54.0 Å². The van der Waals surface area contributed by atoms with Crippen LogP contribution >= 0.6 is 0 Å². The zero-order chi connectivity index (χ0) is 16.1. The normalized spacial score (nSPS) is 29.5. The molecule has 2 saturated heterocycles. The lowest BCUT2D eigenvalue weighted by molar-refractivity contribution is -0.225. The van der Waals surface area contributed by atoms with Crippen LogP contribution in [0.2, 0.25) is 0 Å². The Hall–Kier alpha value is -1.64. The maximum atomic E-state index is 13.4. The fraction of sp³-hybridized carbons (Fsp3) is 0.750. The van der Waals surface area contributed by atoms with Crippen LogP contribution in [0.15, 0.2) is 0 Å². The summed E-state index contributed by atoms with van der Waals surface area (Å²) in [5.74, 6) is -2.79. The van der Waals surface area contributed by atoms with Gasteiger partial charge in [-0.2, -0.15) is 13.2 Å². The average Bonchev–Trinajstić information content (AvgIpc) is 2.83. The second-order valence-corrected chi connectivity index (χ2v) is 5.83. The van der Waals surface area contributed by atoms with Crippen LogP contribution < -0.4 is 10.6 Å². The minimum absolute atomic E-state index is 0.0552. The fourth-order valence-corrected chi connectivity index (χ4v) is 2.60. The van der Waals surface area contributed by atoms with Crippen molar-refractivity contribution in [1.29, 1.82) is 0 Å². The third-order valence-electron chi connectivity index (χ3n) is 4.14. The number of hydrogen-bond donors (Lipinski definition) is 2. The predicted molar refractivity (Wildman–Crippen MR) is 64.9 cm³/mol. The first-order valence-corrected chi connectivity index (χ1v) is 6.46. The maximum Gasteiger partial charge on any atom is 0.404 e. The van der Waals surface area contributed by atoms with Gasteiger partial charge < -0.3 is 10.2 Å². The summed E-state index contributed by atoms with van der Waals surface area (Å²) in [5, 5.41) is 4.56. The number of nitrogens with zero attached hydrogens (tertiary/aromatic N) is 1. The number of amides is 3. The van der Waals surface area contributed by atoms with Crippen LogP contribution in [0.1, 0.15) is 20.3 Å². The van der Waals surface area contributed by atoms with Gasteiger partial charge in [-0.1, -0.05) is 0 Å². The van der Waals surface area contributed by atoms with Crippen molar-refractivity contribution in [3.63, 3.8) is 0 Å². The molecular weight excluding hydrogens is 291 g/mol. The van der Waals surface area contributed by atoms with E-state index in [1.165, 1.54) is 13.8 Å². The van der Waals surface area contributed by atoms with Crippen LogP contribution in [-0.2, 0) is 14.4 Å². The number of imide groups is 1.